The lowest BCUT2D eigenvalue weighted by Gasteiger charge is -2.44. The van der Waals surface area contributed by atoms with Gasteiger partial charge in [-0.25, -0.2) is 9.97 Å². The monoisotopic (exact) mass is 900 g/mol. The Bertz CT molecular complexity index is 4050. The Morgan fingerprint density at radius 1 is 0.296 bits per heavy atom. The zero-order chi connectivity index (χ0) is 46.6. The molecule has 2 aliphatic heterocycles. The van der Waals surface area contributed by atoms with Gasteiger partial charge in [-0.2, -0.15) is 0 Å². The second kappa shape index (κ2) is 15.6. The molecule has 3 heterocycles. The third kappa shape index (κ3) is 6.33. The average molecular weight is 901 g/mol. The van der Waals surface area contributed by atoms with Gasteiger partial charge in [0.15, 0.2) is 0 Å². The molecule has 0 saturated heterocycles. The fraction of sp³-hybridized carbons (Fsp3) is 0. The Hall–Kier alpha value is -9.32. The summed E-state index contributed by atoms with van der Waals surface area (Å²) in [6.45, 7) is -0.104. The molecule has 0 fully saturated rings. The van der Waals surface area contributed by atoms with Gasteiger partial charge >= 0.3 is 0 Å². The molecule has 1 aromatic heterocycles. The van der Waals surface area contributed by atoms with Crippen LogP contribution >= 0.6 is 0 Å². The van der Waals surface area contributed by atoms with E-state index in [2.05, 4.69) is 252 Å². The molecule has 4 nitrogen and oxygen atoms in total. The van der Waals surface area contributed by atoms with Crippen LogP contribution in [0.15, 0.2) is 249 Å². The van der Waals surface area contributed by atoms with Crippen LogP contribution in [0.2, 0.25) is 0 Å². The maximum Gasteiger partial charge on any atom is 0.252 e. The largest absolute Gasteiger partial charge is 0.311 e. The average Bonchev–Trinajstić information content (AvgIpc) is 3.43. The van der Waals surface area contributed by atoms with Crippen molar-refractivity contribution in [1.29, 1.82) is 0 Å². The molecule has 0 radical (unpaired) electrons. The van der Waals surface area contributed by atoms with Gasteiger partial charge in [0.1, 0.15) is 6.33 Å². The lowest BCUT2D eigenvalue weighted by atomic mass is 9.33. The van der Waals surface area contributed by atoms with Crippen molar-refractivity contribution in [3.8, 4) is 33.5 Å². The van der Waals surface area contributed by atoms with Crippen LogP contribution in [0.1, 0.15) is 0 Å². The van der Waals surface area contributed by atoms with Crippen molar-refractivity contribution >= 4 is 111 Å². The number of benzene rings is 12. The molecule has 0 spiro atoms. The Kier molecular flexibility index (Phi) is 8.72. The number of nitrogens with zero attached hydrogens (tertiary/aromatic N) is 4. The van der Waals surface area contributed by atoms with Crippen molar-refractivity contribution in [2.24, 2.45) is 0 Å². The molecular weight excluding hydrogens is 860 g/mol. The molecule has 0 amide bonds. The molecular formula is C66H41BN4. The molecule has 0 saturated carbocycles. The van der Waals surface area contributed by atoms with Gasteiger partial charge in [-0.05, 0) is 161 Å². The highest BCUT2D eigenvalue weighted by atomic mass is 15.2. The fourth-order valence-corrected chi connectivity index (χ4v) is 11.7. The lowest BCUT2D eigenvalue weighted by molar-refractivity contribution is 1.22. The van der Waals surface area contributed by atoms with E-state index in [1.54, 1.807) is 6.33 Å². The van der Waals surface area contributed by atoms with E-state index in [0.29, 0.717) is 0 Å². The summed E-state index contributed by atoms with van der Waals surface area (Å²) in [7, 11) is 0. The van der Waals surface area contributed by atoms with Crippen molar-refractivity contribution < 1.29 is 0 Å². The molecule has 0 unspecified atom stereocenters. The Balaban J connectivity index is 1.07. The van der Waals surface area contributed by atoms with E-state index in [-0.39, 0.29) is 6.71 Å². The van der Waals surface area contributed by atoms with E-state index >= 15 is 0 Å². The second-order valence-electron chi connectivity index (χ2n) is 19.0. The number of fused-ring (bicyclic) bond motifs is 9. The minimum Gasteiger partial charge on any atom is -0.311 e. The smallest absolute Gasteiger partial charge is 0.252 e. The van der Waals surface area contributed by atoms with E-state index in [0.717, 1.165) is 44.9 Å². The standard InChI is InChI=1S/C66H41BN4/c1-3-13-42(14-4-1)44-23-27-55(28-24-44)70-61-37-52-33-48-19-9-7-17-46(48)31-50(52)35-58(61)67-59-36-51-32-47-18-8-10-20-49(47)34-53(51)38-62(59)71(56-29-25-45(26-30-56)43-15-5-2-6-16-43)64-40-54(39-63(70)65(64)67)66-57-21-11-12-22-60(57)68-41-69-66/h1-41H. The van der Waals surface area contributed by atoms with Gasteiger partial charge in [0.25, 0.3) is 6.71 Å². The Morgan fingerprint density at radius 3 is 1.18 bits per heavy atom. The topological polar surface area (TPSA) is 32.3 Å². The zero-order valence-corrected chi connectivity index (χ0v) is 38.5. The van der Waals surface area contributed by atoms with E-state index in [4.69, 9.17) is 9.97 Å². The summed E-state index contributed by atoms with van der Waals surface area (Å²) in [5.41, 5.74) is 18.1. The van der Waals surface area contributed by atoms with Gasteiger partial charge in [-0.15, -0.1) is 0 Å². The van der Waals surface area contributed by atoms with Gasteiger partial charge in [0.05, 0.1) is 11.2 Å². The first-order valence-corrected chi connectivity index (χ1v) is 24.4. The summed E-state index contributed by atoms with van der Waals surface area (Å²) >= 11 is 0. The Morgan fingerprint density at radius 2 is 0.704 bits per heavy atom. The van der Waals surface area contributed by atoms with Crippen LogP contribution in [0, 0.1) is 0 Å². The second-order valence-corrected chi connectivity index (χ2v) is 19.0. The van der Waals surface area contributed by atoms with Crippen LogP contribution in [0.3, 0.4) is 0 Å². The van der Waals surface area contributed by atoms with Gasteiger partial charge in [0.2, 0.25) is 0 Å². The van der Waals surface area contributed by atoms with Gasteiger partial charge in [0, 0.05) is 45.1 Å². The number of hydrogen-bond donors (Lipinski definition) is 0. The number of rotatable bonds is 5. The van der Waals surface area contributed by atoms with Crippen molar-refractivity contribution in [2.75, 3.05) is 9.80 Å². The normalized spacial score (nSPS) is 12.7. The molecule has 15 rings (SSSR count). The summed E-state index contributed by atoms with van der Waals surface area (Å²) in [6.07, 6.45) is 1.71. The van der Waals surface area contributed by atoms with Crippen molar-refractivity contribution in [2.45, 2.75) is 0 Å². The summed E-state index contributed by atoms with van der Waals surface area (Å²) < 4.78 is 0. The van der Waals surface area contributed by atoms with Crippen LogP contribution in [0.4, 0.5) is 34.1 Å². The highest BCUT2D eigenvalue weighted by Crippen LogP contribution is 2.48. The molecule has 0 aliphatic carbocycles. The van der Waals surface area contributed by atoms with Gasteiger partial charge in [-0.3, -0.25) is 0 Å². The SMILES string of the molecule is c1ccc(-c2ccc(N3c4cc5cc6ccccc6cc5cc4B4c5cc6cc7ccccc7cc6cc5N(c5ccc(-c6ccccc6)cc5)c5cc(-c6ncnc7ccccc67)cc3c54)cc2)cc1. The molecule has 71 heavy (non-hydrogen) atoms. The van der Waals surface area contributed by atoms with Gasteiger partial charge in [-0.1, -0.05) is 164 Å². The predicted molar refractivity (Wildman–Crippen MR) is 300 cm³/mol. The quantitative estimate of drug-likeness (QED) is 0.127. The van der Waals surface area contributed by atoms with Crippen molar-refractivity contribution in [1.82, 2.24) is 9.97 Å². The van der Waals surface area contributed by atoms with E-state index in [1.165, 1.54) is 93.1 Å². The van der Waals surface area contributed by atoms with Crippen LogP contribution in [0.25, 0.3) is 87.5 Å². The first kappa shape index (κ1) is 39.7. The zero-order valence-electron chi connectivity index (χ0n) is 38.5. The Labute approximate surface area is 411 Å². The van der Waals surface area contributed by atoms with Crippen LogP contribution in [0.5, 0.6) is 0 Å². The molecule has 0 atom stereocenters. The van der Waals surface area contributed by atoms with E-state index in [1.807, 2.05) is 0 Å². The van der Waals surface area contributed by atoms with Crippen LogP contribution in [-0.2, 0) is 0 Å². The number of para-hydroxylation sites is 1. The molecule has 12 aromatic carbocycles. The van der Waals surface area contributed by atoms with E-state index < -0.39 is 0 Å². The number of anilines is 6. The summed E-state index contributed by atoms with van der Waals surface area (Å²) in [5.74, 6) is 0. The maximum atomic E-state index is 5.10. The summed E-state index contributed by atoms with van der Waals surface area (Å²) in [5, 5.41) is 10.8. The molecule has 0 bridgehead atoms. The van der Waals surface area contributed by atoms with Gasteiger partial charge < -0.3 is 9.80 Å². The fourth-order valence-electron chi connectivity index (χ4n) is 11.7. The van der Waals surface area contributed by atoms with Crippen LogP contribution in [-0.4, -0.2) is 16.7 Å². The van der Waals surface area contributed by atoms with Crippen molar-refractivity contribution in [3.63, 3.8) is 0 Å². The number of aromatic nitrogens is 2. The summed E-state index contributed by atoms with van der Waals surface area (Å²) in [4.78, 5) is 14.9. The number of hydrogen-bond acceptors (Lipinski definition) is 4. The van der Waals surface area contributed by atoms with E-state index in [9.17, 15) is 0 Å². The third-order valence-electron chi connectivity index (χ3n) is 15.0. The maximum absolute atomic E-state index is 5.10. The first-order valence-electron chi connectivity index (χ1n) is 24.4. The molecule has 328 valence electrons. The highest BCUT2D eigenvalue weighted by molar-refractivity contribution is 7.00. The van der Waals surface area contributed by atoms with Crippen LogP contribution < -0.4 is 26.2 Å². The molecule has 13 aromatic rings. The minimum atomic E-state index is -0.104. The summed E-state index contributed by atoms with van der Waals surface area (Å²) in [6, 6.07) is 89.6. The minimum absolute atomic E-state index is 0.104. The highest BCUT2D eigenvalue weighted by Gasteiger charge is 2.44. The molecule has 5 heteroatoms. The predicted octanol–water partition coefficient (Wildman–Crippen LogP) is 15.3. The van der Waals surface area contributed by atoms with Crippen molar-refractivity contribution in [3.05, 3.63) is 249 Å². The molecule has 2 aliphatic rings. The lowest BCUT2D eigenvalue weighted by Crippen LogP contribution is -2.61. The third-order valence-corrected chi connectivity index (χ3v) is 15.0. The molecule has 0 N–H and O–H groups in total. The first-order chi connectivity index (χ1) is 35.2.